The highest BCUT2D eigenvalue weighted by Gasteiger charge is 2.10. The molecule has 0 fully saturated rings. The number of aliphatic hydroxyl groups excluding tert-OH is 1. The molecule has 0 spiro atoms. The van der Waals surface area contributed by atoms with Crippen LogP contribution in [0.3, 0.4) is 0 Å². The molecule has 16 heavy (non-hydrogen) atoms. The van der Waals surface area contributed by atoms with Crippen LogP contribution in [0, 0.1) is 6.92 Å². The lowest BCUT2D eigenvalue weighted by atomic mass is 10.3. The van der Waals surface area contributed by atoms with Gasteiger partial charge in [-0.25, -0.2) is 0 Å². The van der Waals surface area contributed by atoms with Crippen molar-refractivity contribution in [1.29, 1.82) is 0 Å². The molecule has 1 heterocycles. The van der Waals surface area contributed by atoms with Crippen LogP contribution in [0.25, 0.3) is 0 Å². The Bertz CT molecular complexity index is 296. The Morgan fingerprint density at radius 1 is 1.50 bits per heavy atom. The lowest BCUT2D eigenvalue weighted by Gasteiger charge is -2.22. The molecule has 0 amide bonds. The van der Waals surface area contributed by atoms with E-state index in [-0.39, 0.29) is 6.10 Å². The first-order valence-corrected chi connectivity index (χ1v) is 5.56. The minimum Gasteiger partial charge on any atom is -0.465 e. The van der Waals surface area contributed by atoms with E-state index in [1.54, 1.807) is 14.0 Å². The van der Waals surface area contributed by atoms with E-state index in [4.69, 9.17) is 9.15 Å². The van der Waals surface area contributed by atoms with Gasteiger partial charge in [0, 0.05) is 20.2 Å². The van der Waals surface area contributed by atoms with Gasteiger partial charge in [-0.3, -0.25) is 4.90 Å². The quantitative estimate of drug-likeness (QED) is 0.765. The Kier molecular flexibility index (Phi) is 5.52. The van der Waals surface area contributed by atoms with Gasteiger partial charge in [0.2, 0.25) is 0 Å². The summed E-state index contributed by atoms with van der Waals surface area (Å²) < 4.78 is 10.6. The van der Waals surface area contributed by atoms with Gasteiger partial charge >= 0.3 is 0 Å². The van der Waals surface area contributed by atoms with Crippen molar-refractivity contribution in [3.05, 3.63) is 23.7 Å². The molecule has 1 N–H and O–H groups in total. The lowest BCUT2D eigenvalue weighted by Crippen LogP contribution is -2.33. The maximum absolute atomic E-state index is 9.39. The third-order valence-corrected chi connectivity index (χ3v) is 2.31. The zero-order valence-electron chi connectivity index (χ0n) is 10.3. The summed E-state index contributed by atoms with van der Waals surface area (Å²) in [6.45, 7) is 6.50. The maximum atomic E-state index is 9.39. The van der Waals surface area contributed by atoms with Crippen molar-refractivity contribution in [3.8, 4) is 0 Å². The molecule has 0 aliphatic heterocycles. The number of rotatable bonds is 7. The molecule has 1 aromatic heterocycles. The zero-order chi connectivity index (χ0) is 12.0. The zero-order valence-corrected chi connectivity index (χ0v) is 10.3. The van der Waals surface area contributed by atoms with Gasteiger partial charge in [0.1, 0.15) is 11.5 Å². The van der Waals surface area contributed by atoms with Crippen molar-refractivity contribution in [3.63, 3.8) is 0 Å². The fourth-order valence-electron chi connectivity index (χ4n) is 1.62. The fourth-order valence-corrected chi connectivity index (χ4v) is 1.62. The third-order valence-electron chi connectivity index (χ3n) is 2.31. The molecule has 4 nitrogen and oxygen atoms in total. The number of aliphatic hydroxyl groups is 1. The Labute approximate surface area is 96.8 Å². The van der Waals surface area contributed by atoms with Crippen molar-refractivity contribution in [2.45, 2.75) is 26.5 Å². The van der Waals surface area contributed by atoms with E-state index in [1.165, 1.54) is 0 Å². The summed E-state index contributed by atoms with van der Waals surface area (Å²) in [4.78, 5) is 2.12. The van der Waals surface area contributed by atoms with Crippen LogP contribution >= 0.6 is 0 Å². The van der Waals surface area contributed by atoms with E-state index < -0.39 is 0 Å². The topological polar surface area (TPSA) is 45.8 Å². The van der Waals surface area contributed by atoms with E-state index in [1.807, 2.05) is 19.1 Å². The predicted octanol–water partition coefficient (Wildman–Crippen LogP) is 1.42. The highest BCUT2D eigenvalue weighted by atomic mass is 16.5. The predicted molar refractivity (Wildman–Crippen MR) is 62.3 cm³/mol. The standard InChI is InChI=1S/C12H21NO3/c1-10(14)8-13(6-7-15-3)9-12-5-4-11(2)16-12/h4-5,10,14H,6-9H2,1-3H3/t10-/m0/s1. The summed E-state index contributed by atoms with van der Waals surface area (Å²) in [5, 5.41) is 9.39. The van der Waals surface area contributed by atoms with Crippen molar-refractivity contribution in [1.82, 2.24) is 4.90 Å². The number of hydrogen-bond donors (Lipinski definition) is 1. The minimum absolute atomic E-state index is 0.340. The third kappa shape index (κ3) is 4.79. The number of ether oxygens (including phenoxy) is 1. The summed E-state index contributed by atoms with van der Waals surface area (Å²) in [5.74, 6) is 1.84. The molecule has 0 unspecified atom stereocenters. The monoisotopic (exact) mass is 227 g/mol. The van der Waals surface area contributed by atoms with Crippen molar-refractivity contribution >= 4 is 0 Å². The molecule has 0 aromatic carbocycles. The summed E-state index contributed by atoms with van der Waals surface area (Å²) in [5.41, 5.74) is 0. The van der Waals surface area contributed by atoms with E-state index in [2.05, 4.69) is 4.90 Å². The molecule has 92 valence electrons. The Morgan fingerprint density at radius 3 is 2.75 bits per heavy atom. The van der Waals surface area contributed by atoms with Crippen molar-refractivity contribution < 1.29 is 14.3 Å². The van der Waals surface area contributed by atoms with Gasteiger partial charge in [0.05, 0.1) is 19.3 Å². The van der Waals surface area contributed by atoms with Crippen molar-refractivity contribution in [2.75, 3.05) is 26.8 Å². The molecular formula is C12H21NO3. The molecule has 0 saturated carbocycles. The van der Waals surface area contributed by atoms with Crippen LogP contribution in [-0.2, 0) is 11.3 Å². The number of hydrogen-bond acceptors (Lipinski definition) is 4. The number of aryl methyl sites for hydroxylation is 1. The molecule has 0 radical (unpaired) electrons. The molecule has 0 bridgehead atoms. The van der Waals surface area contributed by atoms with Gasteiger partial charge in [0.15, 0.2) is 0 Å². The summed E-state index contributed by atoms with van der Waals surface area (Å²) in [6, 6.07) is 3.92. The number of nitrogens with zero attached hydrogens (tertiary/aromatic N) is 1. The SMILES string of the molecule is COCCN(Cc1ccc(C)o1)C[C@H](C)O. The van der Waals surface area contributed by atoms with Gasteiger partial charge in [-0.15, -0.1) is 0 Å². The van der Waals surface area contributed by atoms with Gasteiger partial charge in [-0.1, -0.05) is 0 Å². The Balaban J connectivity index is 2.48. The molecule has 1 aromatic rings. The van der Waals surface area contributed by atoms with Crippen LogP contribution in [0.1, 0.15) is 18.4 Å². The van der Waals surface area contributed by atoms with Crippen LogP contribution < -0.4 is 0 Å². The first-order chi connectivity index (χ1) is 7.61. The largest absolute Gasteiger partial charge is 0.465 e. The van der Waals surface area contributed by atoms with E-state index in [0.717, 1.165) is 18.1 Å². The summed E-state index contributed by atoms with van der Waals surface area (Å²) >= 11 is 0. The van der Waals surface area contributed by atoms with Crippen LogP contribution in [0.15, 0.2) is 16.5 Å². The molecule has 4 heteroatoms. The molecule has 0 saturated heterocycles. The molecule has 0 aliphatic rings. The van der Waals surface area contributed by atoms with Gasteiger partial charge < -0.3 is 14.3 Å². The van der Waals surface area contributed by atoms with E-state index in [0.29, 0.717) is 19.7 Å². The van der Waals surface area contributed by atoms with Crippen LogP contribution in [0.4, 0.5) is 0 Å². The first kappa shape index (κ1) is 13.2. The minimum atomic E-state index is -0.340. The van der Waals surface area contributed by atoms with Crippen LogP contribution in [0.2, 0.25) is 0 Å². The summed E-state index contributed by atoms with van der Waals surface area (Å²) in [7, 11) is 1.68. The normalized spacial score (nSPS) is 13.3. The maximum Gasteiger partial charge on any atom is 0.118 e. The second kappa shape index (κ2) is 6.68. The average Bonchev–Trinajstić information content (AvgIpc) is 2.59. The van der Waals surface area contributed by atoms with Gasteiger partial charge in [-0.05, 0) is 26.0 Å². The first-order valence-electron chi connectivity index (χ1n) is 5.56. The molecule has 0 aliphatic carbocycles. The molecule has 1 atom stereocenters. The van der Waals surface area contributed by atoms with Crippen molar-refractivity contribution in [2.24, 2.45) is 0 Å². The second-order valence-corrected chi connectivity index (χ2v) is 4.09. The highest BCUT2D eigenvalue weighted by molar-refractivity contribution is 5.05. The van der Waals surface area contributed by atoms with E-state index >= 15 is 0 Å². The van der Waals surface area contributed by atoms with Gasteiger partial charge in [-0.2, -0.15) is 0 Å². The number of methoxy groups -OCH3 is 1. The van der Waals surface area contributed by atoms with E-state index in [9.17, 15) is 5.11 Å². The number of furan rings is 1. The fraction of sp³-hybridized carbons (Fsp3) is 0.667. The highest BCUT2D eigenvalue weighted by Crippen LogP contribution is 2.09. The van der Waals surface area contributed by atoms with Gasteiger partial charge in [0.25, 0.3) is 0 Å². The van der Waals surface area contributed by atoms with Crippen LogP contribution in [0.5, 0.6) is 0 Å². The smallest absolute Gasteiger partial charge is 0.118 e. The Hall–Kier alpha value is -0.840. The second-order valence-electron chi connectivity index (χ2n) is 4.09. The Morgan fingerprint density at radius 2 is 2.25 bits per heavy atom. The average molecular weight is 227 g/mol. The lowest BCUT2D eigenvalue weighted by molar-refractivity contribution is 0.0897. The molecular weight excluding hydrogens is 206 g/mol. The summed E-state index contributed by atoms with van der Waals surface area (Å²) in [6.07, 6.45) is -0.340. The molecule has 1 rings (SSSR count). The van der Waals surface area contributed by atoms with Crippen LogP contribution in [-0.4, -0.2) is 42.9 Å².